The predicted molar refractivity (Wildman–Crippen MR) is 134 cm³/mol. The Labute approximate surface area is 202 Å². The van der Waals surface area contributed by atoms with E-state index in [0.29, 0.717) is 22.3 Å². The van der Waals surface area contributed by atoms with Gasteiger partial charge in [0.2, 0.25) is 0 Å². The van der Waals surface area contributed by atoms with Gasteiger partial charge in [-0.05, 0) is 72.5 Å². The molecule has 5 rings (SSSR count). The summed E-state index contributed by atoms with van der Waals surface area (Å²) in [5.74, 6) is 0.764. The van der Waals surface area contributed by atoms with E-state index >= 15 is 0 Å². The van der Waals surface area contributed by atoms with Gasteiger partial charge in [-0.3, -0.25) is 0 Å². The molecule has 1 aliphatic heterocycles. The number of hydrogen-bond donors (Lipinski definition) is 2. The summed E-state index contributed by atoms with van der Waals surface area (Å²) >= 11 is 12.7. The molecule has 0 unspecified atom stereocenters. The van der Waals surface area contributed by atoms with Crippen molar-refractivity contribution in [1.82, 2.24) is 9.88 Å². The van der Waals surface area contributed by atoms with Crippen molar-refractivity contribution < 1.29 is 9.53 Å². The van der Waals surface area contributed by atoms with Crippen LogP contribution in [0, 0.1) is 6.92 Å². The molecule has 0 saturated carbocycles. The largest absolute Gasteiger partial charge is 0.497 e. The quantitative estimate of drug-likeness (QED) is 0.333. The molecular formula is C26H23Cl2N3O2. The molecule has 5 nitrogen and oxygen atoms in total. The van der Waals surface area contributed by atoms with Crippen LogP contribution in [0.1, 0.15) is 28.4 Å². The highest BCUT2D eigenvalue weighted by molar-refractivity contribution is 6.33. The third-order valence-electron chi connectivity index (χ3n) is 6.15. The first-order valence-corrected chi connectivity index (χ1v) is 11.5. The normalized spacial score (nSPS) is 15.4. The zero-order valence-electron chi connectivity index (χ0n) is 18.3. The Kier molecular flexibility index (Phi) is 5.69. The summed E-state index contributed by atoms with van der Waals surface area (Å²) in [5, 5.41) is 5.30. The number of aromatic amines is 1. The predicted octanol–water partition coefficient (Wildman–Crippen LogP) is 6.97. The second-order valence-corrected chi connectivity index (χ2v) is 9.08. The van der Waals surface area contributed by atoms with E-state index in [1.165, 1.54) is 5.56 Å². The summed E-state index contributed by atoms with van der Waals surface area (Å²) in [6.07, 6.45) is 0.720. The zero-order valence-corrected chi connectivity index (χ0v) is 19.8. The Morgan fingerprint density at radius 2 is 1.88 bits per heavy atom. The number of rotatable bonds is 3. The highest BCUT2D eigenvalue weighted by Crippen LogP contribution is 2.40. The monoisotopic (exact) mass is 479 g/mol. The number of urea groups is 1. The molecule has 2 heterocycles. The number of carbonyl (C=O) groups excluding carboxylic acids is 1. The number of H-pyrrole nitrogens is 1. The Hall–Kier alpha value is -3.15. The molecule has 0 spiro atoms. The van der Waals surface area contributed by atoms with Crippen LogP contribution >= 0.6 is 23.2 Å². The maximum absolute atomic E-state index is 13.5. The molecular weight excluding hydrogens is 457 g/mol. The van der Waals surface area contributed by atoms with Crippen LogP contribution in [0.2, 0.25) is 10.0 Å². The van der Waals surface area contributed by atoms with Gasteiger partial charge < -0.3 is 19.9 Å². The first kappa shape index (κ1) is 21.7. The van der Waals surface area contributed by atoms with Crippen molar-refractivity contribution in [3.63, 3.8) is 0 Å². The van der Waals surface area contributed by atoms with Crippen molar-refractivity contribution in [2.45, 2.75) is 19.4 Å². The minimum atomic E-state index is -0.296. The average Bonchev–Trinajstić information content (AvgIpc) is 3.18. The topological polar surface area (TPSA) is 57.4 Å². The van der Waals surface area contributed by atoms with Crippen LogP contribution in [0.15, 0.2) is 60.7 Å². The minimum Gasteiger partial charge on any atom is -0.497 e. The van der Waals surface area contributed by atoms with Crippen LogP contribution in [-0.4, -0.2) is 29.6 Å². The van der Waals surface area contributed by atoms with Crippen LogP contribution < -0.4 is 10.1 Å². The molecule has 2 N–H and O–H groups in total. The second-order valence-electron chi connectivity index (χ2n) is 8.24. The van der Waals surface area contributed by atoms with E-state index in [-0.39, 0.29) is 12.1 Å². The number of aryl methyl sites for hydroxylation is 1. The number of aromatic nitrogens is 1. The fourth-order valence-corrected chi connectivity index (χ4v) is 4.98. The van der Waals surface area contributed by atoms with E-state index in [1.54, 1.807) is 7.11 Å². The van der Waals surface area contributed by atoms with Gasteiger partial charge >= 0.3 is 6.03 Å². The van der Waals surface area contributed by atoms with Crippen LogP contribution in [0.25, 0.3) is 10.9 Å². The molecule has 7 heteroatoms. The Morgan fingerprint density at radius 3 is 2.61 bits per heavy atom. The summed E-state index contributed by atoms with van der Waals surface area (Å²) in [5.41, 5.74) is 5.80. The van der Waals surface area contributed by atoms with Gasteiger partial charge in [-0.25, -0.2) is 4.79 Å². The molecule has 2 amide bonds. The molecule has 4 aromatic rings. The van der Waals surface area contributed by atoms with E-state index < -0.39 is 0 Å². The molecule has 1 aliphatic rings. The summed E-state index contributed by atoms with van der Waals surface area (Å²) in [7, 11) is 1.64. The fraction of sp³-hybridized carbons (Fsp3) is 0.192. The van der Waals surface area contributed by atoms with Crippen molar-refractivity contribution in [2.24, 2.45) is 0 Å². The third kappa shape index (κ3) is 4.03. The van der Waals surface area contributed by atoms with E-state index in [4.69, 9.17) is 27.9 Å². The Morgan fingerprint density at radius 1 is 1.09 bits per heavy atom. The van der Waals surface area contributed by atoms with Crippen molar-refractivity contribution in [1.29, 1.82) is 0 Å². The lowest BCUT2D eigenvalue weighted by Gasteiger charge is -2.36. The number of nitrogens with one attached hydrogen (secondary N) is 2. The number of nitrogens with zero attached hydrogens (tertiary/aromatic N) is 1. The molecule has 0 saturated heterocycles. The van der Waals surface area contributed by atoms with Crippen LogP contribution in [0.4, 0.5) is 10.5 Å². The summed E-state index contributed by atoms with van der Waals surface area (Å²) in [4.78, 5) is 18.9. The lowest BCUT2D eigenvalue weighted by Crippen LogP contribution is -2.43. The highest BCUT2D eigenvalue weighted by atomic mass is 35.5. The number of hydrogen-bond acceptors (Lipinski definition) is 2. The molecule has 168 valence electrons. The van der Waals surface area contributed by atoms with E-state index in [0.717, 1.165) is 39.9 Å². The van der Waals surface area contributed by atoms with Crippen molar-refractivity contribution in [3.05, 3.63) is 93.1 Å². The average molecular weight is 480 g/mol. The molecule has 0 aliphatic carbocycles. The van der Waals surface area contributed by atoms with Gasteiger partial charge in [0.15, 0.2) is 0 Å². The number of halogens is 2. The van der Waals surface area contributed by atoms with Crippen LogP contribution in [0.3, 0.4) is 0 Å². The smallest absolute Gasteiger partial charge is 0.322 e. The van der Waals surface area contributed by atoms with Gasteiger partial charge in [-0.15, -0.1) is 0 Å². The van der Waals surface area contributed by atoms with Crippen LogP contribution in [-0.2, 0) is 6.42 Å². The summed E-state index contributed by atoms with van der Waals surface area (Å²) < 4.78 is 5.33. The number of ether oxygens (including phenoxy) is 1. The van der Waals surface area contributed by atoms with Gasteiger partial charge in [0, 0.05) is 28.2 Å². The summed E-state index contributed by atoms with van der Waals surface area (Å²) in [6, 6.07) is 18.8. The lowest BCUT2D eigenvalue weighted by molar-refractivity contribution is 0.193. The second kappa shape index (κ2) is 8.65. The minimum absolute atomic E-state index is 0.205. The van der Waals surface area contributed by atoms with Crippen molar-refractivity contribution in [3.8, 4) is 5.75 Å². The van der Waals surface area contributed by atoms with E-state index in [2.05, 4.69) is 10.3 Å². The summed E-state index contributed by atoms with van der Waals surface area (Å²) in [6.45, 7) is 2.52. The molecule has 0 fully saturated rings. The molecule has 0 bridgehead atoms. The fourth-order valence-electron chi connectivity index (χ4n) is 4.52. The highest BCUT2D eigenvalue weighted by Gasteiger charge is 2.35. The molecule has 1 aromatic heterocycles. The van der Waals surface area contributed by atoms with Gasteiger partial charge in [-0.1, -0.05) is 41.4 Å². The number of carbonyl (C=O) groups is 1. The first-order chi connectivity index (χ1) is 15.9. The van der Waals surface area contributed by atoms with Gasteiger partial charge in [0.05, 0.1) is 23.9 Å². The van der Waals surface area contributed by atoms with E-state index in [9.17, 15) is 4.79 Å². The van der Waals surface area contributed by atoms with Gasteiger partial charge in [0.1, 0.15) is 5.75 Å². The Balaban J connectivity index is 1.58. The number of benzene rings is 3. The number of fused-ring (bicyclic) bond motifs is 3. The molecule has 33 heavy (non-hydrogen) atoms. The van der Waals surface area contributed by atoms with Gasteiger partial charge in [0.25, 0.3) is 0 Å². The Bertz CT molecular complexity index is 1350. The maximum atomic E-state index is 13.5. The standard InChI is InChI=1S/C26H23Cl2N3O2/c1-15-3-9-23(21(28)13-15)30-26(32)31-12-11-19-20-14-17(27)6-10-22(20)29-24(19)25(31)16-4-7-18(33-2)8-5-16/h3-10,13-14,25,29H,11-12H2,1-2H3,(H,30,32)/t25-/m1/s1. The number of methoxy groups -OCH3 is 1. The SMILES string of the molecule is COc1ccc([C@@H]2c3[nH]c4ccc(Cl)cc4c3CCN2C(=O)Nc2ccc(C)cc2Cl)cc1. The van der Waals surface area contributed by atoms with E-state index in [1.807, 2.05) is 72.5 Å². The molecule has 3 aromatic carbocycles. The van der Waals surface area contributed by atoms with Crippen LogP contribution in [0.5, 0.6) is 5.75 Å². The van der Waals surface area contributed by atoms with Gasteiger partial charge in [-0.2, -0.15) is 0 Å². The lowest BCUT2D eigenvalue weighted by atomic mass is 9.92. The first-order valence-electron chi connectivity index (χ1n) is 10.7. The zero-order chi connectivity index (χ0) is 23.1. The number of anilines is 1. The number of amides is 2. The maximum Gasteiger partial charge on any atom is 0.322 e. The van der Waals surface area contributed by atoms with Crippen molar-refractivity contribution in [2.75, 3.05) is 19.0 Å². The molecule has 0 radical (unpaired) electrons. The van der Waals surface area contributed by atoms with Crippen molar-refractivity contribution >= 4 is 45.8 Å². The molecule has 1 atom stereocenters. The third-order valence-corrected chi connectivity index (χ3v) is 6.70.